The summed E-state index contributed by atoms with van der Waals surface area (Å²) in [4.78, 5) is 9.99. The Labute approximate surface area is 116 Å². The number of para-hydroxylation sites is 1. The minimum absolute atomic E-state index is 0.962. The summed E-state index contributed by atoms with van der Waals surface area (Å²) < 4.78 is 0. The van der Waals surface area contributed by atoms with Gasteiger partial charge in [0.05, 0.1) is 10.4 Å². The van der Waals surface area contributed by atoms with Gasteiger partial charge >= 0.3 is 0 Å². The number of fused-ring (bicyclic) bond motifs is 1. The summed E-state index contributed by atoms with van der Waals surface area (Å²) in [6.07, 6.45) is 4.90. The highest BCUT2D eigenvalue weighted by atomic mass is 32.1. The van der Waals surface area contributed by atoms with Gasteiger partial charge in [-0.15, -0.1) is 0 Å². The second-order valence-corrected chi connectivity index (χ2v) is 5.36. The van der Waals surface area contributed by atoms with Gasteiger partial charge in [-0.05, 0) is 18.6 Å². The summed E-state index contributed by atoms with van der Waals surface area (Å²) in [7, 11) is 0. The fraction of sp³-hybridized carbons (Fsp3) is 0.200. The van der Waals surface area contributed by atoms with Crippen molar-refractivity contribution in [3.05, 3.63) is 42.7 Å². The van der Waals surface area contributed by atoms with Crippen molar-refractivity contribution >= 4 is 27.4 Å². The number of hydrogen-bond acceptors (Lipinski definition) is 4. The largest absolute Gasteiger partial charge is 0.362 e. The maximum absolute atomic E-state index is 4.42. The molecule has 0 spiro atoms. The number of benzene rings is 1. The first kappa shape index (κ1) is 12.1. The molecule has 1 aromatic carbocycles. The van der Waals surface area contributed by atoms with Gasteiger partial charge in [-0.25, -0.2) is 4.98 Å². The Hall–Kier alpha value is -1.94. The lowest BCUT2D eigenvalue weighted by atomic mass is 10.1. The molecule has 0 saturated carbocycles. The van der Waals surface area contributed by atoms with E-state index in [1.54, 1.807) is 11.3 Å². The van der Waals surface area contributed by atoms with Crippen molar-refractivity contribution < 1.29 is 0 Å². The van der Waals surface area contributed by atoms with Crippen LogP contribution >= 0.6 is 11.3 Å². The van der Waals surface area contributed by atoms with E-state index in [4.69, 9.17) is 0 Å². The minimum Gasteiger partial charge on any atom is -0.362 e. The Bertz CT molecular complexity index is 685. The molecule has 4 heteroatoms. The van der Waals surface area contributed by atoms with Crippen LogP contribution in [0.25, 0.3) is 21.3 Å². The molecule has 3 aromatic rings. The highest BCUT2D eigenvalue weighted by molar-refractivity contribution is 7.19. The monoisotopic (exact) mass is 269 g/mol. The zero-order valence-corrected chi connectivity index (χ0v) is 11.6. The first-order valence-electron chi connectivity index (χ1n) is 6.42. The van der Waals surface area contributed by atoms with Crippen LogP contribution in [0, 0.1) is 0 Å². The van der Waals surface area contributed by atoms with E-state index >= 15 is 0 Å². The Morgan fingerprint density at radius 1 is 1.16 bits per heavy atom. The zero-order valence-electron chi connectivity index (χ0n) is 10.8. The first-order valence-corrected chi connectivity index (χ1v) is 7.24. The SMILES string of the molecule is CCCNc1ncc(-c2ccnc3ccccc23)s1. The Morgan fingerprint density at radius 3 is 2.95 bits per heavy atom. The van der Waals surface area contributed by atoms with Crippen molar-refractivity contribution in [2.45, 2.75) is 13.3 Å². The molecule has 0 saturated heterocycles. The number of nitrogens with zero attached hydrogens (tertiary/aromatic N) is 2. The van der Waals surface area contributed by atoms with Crippen molar-refractivity contribution in [3.63, 3.8) is 0 Å². The Kier molecular flexibility index (Phi) is 3.42. The minimum atomic E-state index is 0.962. The predicted octanol–water partition coefficient (Wildman–Crippen LogP) is 4.18. The normalized spacial score (nSPS) is 10.8. The molecule has 0 aliphatic rings. The third-order valence-corrected chi connectivity index (χ3v) is 3.93. The van der Waals surface area contributed by atoms with E-state index in [0.717, 1.165) is 23.6 Å². The number of thiazole rings is 1. The topological polar surface area (TPSA) is 37.8 Å². The maximum atomic E-state index is 4.42. The van der Waals surface area contributed by atoms with Crippen LogP contribution in [-0.2, 0) is 0 Å². The van der Waals surface area contributed by atoms with Crippen LogP contribution in [0.1, 0.15) is 13.3 Å². The third-order valence-electron chi connectivity index (χ3n) is 2.95. The molecule has 0 radical (unpaired) electrons. The lowest BCUT2D eigenvalue weighted by Crippen LogP contribution is -1.97. The summed E-state index contributed by atoms with van der Waals surface area (Å²) in [6, 6.07) is 10.3. The molecule has 0 amide bonds. The van der Waals surface area contributed by atoms with E-state index in [9.17, 15) is 0 Å². The second-order valence-electron chi connectivity index (χ2n) is 4.33. The molecule has 0 fully saturated rings. The average Bonchev–Trinajstić information content (AvgIpc) is 2.93. The lowest BCUT2D eigenvalue weighted by Gasteiger charge is -2.02. The number of aromatic nitrogens is 2. The molecule has 0 aliphatic carbocycles. The van der Waals surface area contributed by atoms with Crippen molar-refractivity contribution in [2.24, 2.45) is 0 Å². The molecule has 0 atom stereocenters. The van der Waals surface area contributed by atoms with Crippen LogP contribution in [-0.4, -0.2) is 16.5 Å². The number of pyridine rings is 1. The van der Waals surface area contributed by atoms with E-state index in [1.165, 1.54) is 15.8 Å². The van der Waals surface area contributed by atoms with E-state index < -0.39 is 0 Å². The lowest BCUT2D eigenvalue weighted by molar-refractivity contribution is 0.976. The molecule has 96 valence electrons. The molecule has 3 nitrogen and oxygen atoms in total. The van der Waals surface area contributed by atoms with Crippen LogP contribution in [0.2, 0.25) is 0 Å². The average molecular weight is 269 g/mol. The van der Waals surface area contributed by atoms with Gasteiger partial charge in [0.15, 0.2) is 5.13 Å². The van der Waals surface area contributed by atoms with E-state index in [1.807, 2.05) is 30.6 Å². The molecule has 1 N–H and O–H groups in total. The first-order chi connectivity index (χ1) is 9.38. The van der Waals surface area contributed by atoms with E-state index in [0.29, 0.717) is 0 Å². The predicted molar refractivity (Wildman–Crippen MR) is 81.6 cm³/mol. The molecule has 0 unspecified atom stereocenters. The molecule has 2 heterocycles. The maximum Gasteiger partial charge on any atom is 0.183 e. The van der Waals surface area contributed by atoms with Gasteiger partial charge in [0.25, 0.3) is 0 Å². The van der Waals surface area contributed by atoms with Gasteiger partial charge in [-0.3, -0.25) is 4.98 Å². The molecule has 2 aromatic heterocycles. The van der Waals surface area contributed by atoms with Crippen LogP contribution in [0.5, 0.6) is 0 Å². The van der Waals surface area contributed by atoms with Crippen LogP contribution in [0.3, 0.4) is 0 Å². The van der Waals surface area contributed by atoms with Crippen molar-refractivity contribution in [1.29, 1.82) is 0 Å². The molecular weight excluding hydrogens is 254 g/mol. The highest BCUT2D eigenvalue weighted by Crippen LogP contribution is 2.33. The number of anilines is 1. The summed E-state index contributed by atoms with van der Waals surface area (Å²) in [5.74, 6) is 0. The van der Waals surface area contributed by atoms with Crippen LogP contribution in [0.4, 0.5) is 5.13 Å². The van der Waals surface area contributed by atoms with Gasteiger partial charge in [-0.1, -0.05) is 36.5 Å². The van der Waals surface area contributed by atoms with Crippen LogP contribution < -0.4 is 5.32 Å². The highest BCUT2D eigenvalue weighted by Gasteiger charge is 2.07. The van der Waals surface area contributed by atoms with Crippen LogP contribution in [0.15, 0.2) is 42.7 Å². The summed E-state index contributed by atoms with van der Waals surface area (Å²) in [5.41, 5.74) is 2.23. The van der Waals surface area contributed by atoms with Gasteiger partial charge in [-0.2, -0.15) is 0 Å². The van der Waals surface area contributed by atoms with Gasteiger partial charge in [0.1, 0.15) is 0 Å². The molecule has 0 bridgehead atoms. The smallest absolute Gasteiger partial charge is 0.183 e. The molecular formula is C15H15N3S. The standard InChI is InChI=1S/C15H15N3S/c1-2-8-17-15-18-10-14(19-15)12-7-9-16-13-6-4-3-5-11(12)13/h3-7,9-10H,2,8H2,1H3,(H,17,18). The zero-order chi connectivity index (χ0) is 13.1. The summed E-state index contributed by atoms with van der Waals surface area (Å²) >= 11 is 1.69. The quantitative estimate of drug-likeness (QED) is 0.772. The van der Waals surface area contributed by atoms with Crippen molar-refractivity contribution in [2.75, 3.05) is 11.9 Å². The molecule has 0 aliphatic heterocycles. The fourth-order valence-corrected chi connectivity index (χ4v) is 2.90. The summed E-state index contributed by atoms with van der Waals surface area (Å²) in [5, 5.41) is 5.48. The van der Waals surface area contributed by atoms with Crippen molar-refractivity contribution in [1.82, 2.24) is 9.97 Å². The van der Waals surface area contributed by atoms with E-state index in [-0.39, 0.29) is 0 Å². The Balaban J connectivity index is 2.02. The van der Waals surface area contributed by atoms with Gasteiger partial charge < -0.3 is 5.32 Å². The number of nitrogens with one attached hydrogen (secondary N) is 1. The summed E-state index contributed by atoms with van der Waals surface area (Å²) in [6.45, 7) is 3.11. The third kappa shape index (κ3) is 2.44. The number of rotatable bonds is 4. The van der Waals surface area contributed by atoms with Gasteiger partial charge in [0.2, 0.25) is 0 Å². The molecule has 3 rings (SSSR count). The Morgan fingerprint density at radius 2 is 2.05 bits per heavy atom. The number of hydrogen-bond donors (Lipinski definition) is 1. The van der Waals surface area contributed by atoms with Crippen molar-refractivity contribution in [3.8, 4) is 10.4 Å². The van der Waals surface area contributed by atoms with Gasteiger partial charge in [0, 0.05) is 29.9 Å². The van der Waals surface area contributed by atoms with E-state index in [2.05, 4.69) is 34.3 Å². The molecule has 19 heavy (non-hydrogen) atoms. The fourth-order valence-electron chi connectivity index (χ4n) is 2.02. The second kappa shape index (κ2) is 5.36.